The Hall–Kier alpha value is -2.29. The Kier molecular flexibility index (Phi) is 4.32. The van der Waals surface area contributed by atoms with Gasteiger partial charge in [0.05, 0.1) is 11.8 Å². The summed E-state index contributed by atoms with van der Waals surface area (Å²) in [6, 6.07) is 0. The summed E-state index contributed by atoms with van der Waals surface area (Å²) in [5.41, 5.74) is 0.966. The average Bonchev–Trinajstić information content (AvgIpc) is 2.48. The Balaban J connectivity index is 2.32. The van der Waals surface area contributed by atoms with Crippen molar-refractivity contribution in [1.29, 1.82) is 0 Å². The van der Waals surface area contributed by atoms with Gasteiger partial charge in [-0.3, -0.25) is 5.43 Å². The van der Waals surface area contributed by atoms with Gasteiger partial charge in [-0.15, -0.1) is 0 Å². The molecular formula is C11H4ClF5N4. The first kappa shape index (κ1) is 15.1. The van der Waals surface area contributed by atoms with Crippen molar-refractivity contribution in [3.05, 3.63) is 52.2 Å². The van der Waals surface area contributed by atoms with Crippen molar-refractivity contribution in [1.82, 2.24) is 9.97 Å². The first-order chi connectivity index (χ1) is 9.93. The van der Waals surface area contributed by atoms with Crippen molar-refractivity contribution in [3.63, 3.8) is 0 Å². The third-order valence-corrected chi connectivity index (χ3v) is 2.54. The summed E-state index contributed by atoms with van der Waals surface area (Å²) in [5.74, 6) is -10.4. The van der Waals surface area contributed by atoms with E-state index in [0.29, 0.717) is 6.21 Å². The SMILES string of the molecule is Fc1c(F)c(F)c(/C=N\Nc2nccnc2Cl)c(F)c1F. The zero-order chi connectivity index (χ0) is 15.6. The van der Waals surface area contributed by atoms with Gasteiger partial charge < -0.3 is 0 Å². The topological polar surface area (TPSA) is 50.2 Å². The molecule has 0 unspecified atom stereocenters. The van der Waals surface area contributed by atoms with Crippen LogP contribution in [0, 0.1) is 29.1 Å². The number of halogens is 6. The molecule has 2 rings (SSSR count). The maximum Gasteiger partial charge on any atom is 0.200 e. The quantitative estimate of drug-likeness (QED) is 0.310. The van der Waals surface area contributed by atoms with E-state index >= 15 is 0 Å². The van der Waals surface area contributed by atoms with Crippen molar-refractivity contribution in [2.24, 2.45) is 5.10 Å². The maximum absolute atomic E-state index is 13.3. The van der Waals surface area contributed by atoms with Crippen molar-refractivity contribution in [2.45, 2.75) is 0 Å². The number of nitrogens with one attached hydrogen (secondary N) is 1. The molecule has 0 amide bonds. The fraction of sp³-hybridized carbons (Fsp3) is 0. The fourth-order valence-electron chi connectivity index (χ4n) is 1.29. The molecule has 0 atom stereocenters. The van der Waals surface area contributed by atoms with Crippen LogP contribution in [0.4, 0.5) is 27.8 Å². The summed E-state index contributed by atoms with van der Waals surface area (Å²) in [7, 11) is 0. The van der Waals surface area contributed by atoms with Crippen LogP contribution in [0.15, 0.2) is 17.5 Å². The van der Waals surface area contributed by atoms with Gasteiger partial charge in [0.25, 0.3) is 0 Å². The molecule has 1 aromatic carbocycles. The fourth-order valence-corrected chi connectivity index (χ4v) is 1.44. The van der Waals surface area contributed by atoms with E-state index in [4.69, 9.17) is 11.6 Å². The lowest BCUT2D eigenvalue weighted by Crippen LogP contribution is -2.07. The lowest BCUT2D eigenvalue weighted by Gasteiger charge is -2.04. The second-order valence-electron chi connectivity index (χ2n) is 3.55. The van der Waals surface area contributed by atoms with Crippen LogP contribution in [-0.2, 0) is 0 Å². The van der Waals surface area contributed by atoms with Crippen LogP contribution in [0.1, 0.15) is 5.56 Å². The van der Waals surface area contributed by atoms with Crippen molar-refractivity contribution < 1.29 is 22.0 Å². The second kappa shape index (κ2) is 6.00. The largest absolute Gasteiger partial charge is 0.259 e. The number of hydrogen-bond acceptors (Lipinski definition) is 4. The van der Waals surface area contributed by atoms with Gasteiger partial charge in [0.1, 0.15) is 0 Å². The van der Waals surface area contributed by atoms with Crippen LogP contribution in [-0.4, -0.2) is 16.2 Å². The summed E-state index contributed by atoms with van der Waals surface area (Å²) < 4.78 is 65.3. The predicted molar refractivity (Wildman–Crippen MR) is 64.5 cm³/mol. The number of benzene rings is 1. The van der Waals surface area contributed by atoms with Gasteiger partial charge in [-0.25, -0.2) is 31.9 Å². The third-order valence-electron chi connectivity index (χ3n) is 2.26. The van der Waals surface area contributed by atoms with Gasteiger partial charge in [-0.2, -0.15) is 5.10 Å². The van der Waals surface area contributed by atoms with E-state index < -0.39 is 34.6 Å². The highest BCUT2D eigenvalue weighted by Gasteiger charge is 2.24. The highest BCUT2D eigenvalue weighted by atomic mass is 35.5. The Morgan fingerprint density at radius 3 is 2.00 bits per heavy atom. The number of hydrogen-bond donors (Lipinski definition) is 1. The summed E-state index contributed by atoms with van der Waals surface area (Å²) in [6.45, 7) is 0. The molecule has 10 heteroatoms. The van der Waals surface area contributed by atoms with Crippen LogP contribution in [0.2, 0.25) is 5.15 Å². The number of anilines is 1. The monoisotopic (exact) mass is 322 g/mol. The standard InChI is InChI=1S/C11H4ClF5N4/c12-10-11(19-2-1-18-10)21-20-3-4-5(13)7(15)9(17)8(16)6(4)14/h1-3H,(H,19,21)/b20-3-. The number of rotatable bonds is 3. The molecular weight excluding hydrogens is 319 g/mol. The van der Waals surface area contributed by atoms with Crippen LogP contribution in [0.5, 0.6) is 0 Å². The average molecular weight is 323 g/mol. The van der Waals surface area contributed by atoms with Gasteiger partial charge in [0, 0.05) is 12.4 Å². The van der Waals surface area contributed by atoms with Crippen molar-refractivity contribution in [2.75, 3.05) is 5.43 Å². The Morgan fingerprint density at radius 1 is 0.905 bits per heavy atom. The molecule has 21 heavy (non-hydrogen) atoms. The molecule has 0 saturated heterocycles. The molecule has 0 aliphatic carbocycles. The van der Waals surface area contributed by atoms with Crippen LogP contribution < -0.4 is 5.43 Å². The van der Waals surface area contributed by atoms with Gasteiger partial charge in [-0.1, -0.05) is 11.6 Å². The zero-order valence-electron chi connectivity index (χ0n) is 9.84. The van der Waals surface area contributed by atoms with Gasteiger partial charge in [0.2, 0.25) is 5.82 Å². The smallest absolute Gasteiger partial charge is 0.200 e. The summed E-state index contributed by atoms with van der Waals surface area (Å²) in [4.78, 5) is 7.32. The minimum atomic E-state index is -2.24. The molecule has 0 radical (unpaired) electrons. The van der Waals surface area contributed by atoms with Crippen molar-refractivity contribution >= 4 is 23.6 Å². The van der Waals surface area contributed by atoms with Crippen LogP contribution >= 0.6 is 11.6 Å². The maximum atomic E-state index is 13.3. The third kappa shape index (κ3) is 2.92. The first-order valence-corrected chi connectivity index (χ1v) is 5.58. The highest BCUT2D eigenvalue weighted by molar-refractivity contribution is 6.31. The molecule has 0 aliphatic rings. The van der Waals surface area contributed by atoms with E-state index in [2.05, 4.69) is 20.5 Å². The minimum Gasteiger partial charge on any atom is -0.259 e. The number of aromatic nitrogens is 2. The molecule has 1 heterocycles. The minimum absolute atomic E-state index is 0.0562. The van der Waals surface area contributed by atoms with Gasteiger partial charge in [-0.05, 0) is 0 Å². The van der Waals surface area contributed by atoms with Crippen LogP contribution in [0.3, 0.4) is 0 Å². The summed E-state index contributed by atoms with van der Waals surface area (Å²) in [5, 5.41) is 3.22. The molecule has 0 saturated carbocycles. The van der Waals surface area contributed by atoms with Gasteiger partial charge in [0.15, 0.2) is 34.2 Å². The lowest BCUT2D eigenvalue weighted by molar-refractivity contribution is 0.377. The van der Waals surface area contributed by atoms with Crippen molar-refractivity contribution in [3.8, 4) is 0 Å². The second-order valence-corrected chi connectivity index (χ2v) is 3.91. The molecule has 1 N–H and O–H groups in total. The van der Waals surface area contributed by atoms with E-state index in [1.807, 2.05) is 0 Å². The number of hydrazone groups is 1. The Bertz CT molecular complexity index is 693. The number of nitrogens with zero attached hydrogens (tertiary/aromatic N) is 3. The molecule has 0 bridgehead atoms. The van der Waals surface area contributed by atoms with Gasteiger partial charge >= 0.3 is 0 Å². The summed E-state index contributed by atoms with van der Waals surface area (Å²) >= 11 is 5.61. The molecule has 110 valence electrons. The van der Waals surface area contributed by atoms with E-state index in [-0.39, 0.29) is 11.0 Å². The first-order valence-electron chi connectivity index (χ1n) is 5.20. The van der Waals surface area contributed by atoms with Crippen LogP contribution in [0.25, 0.3) is 0 Å². The molecule has 1 aromatic heterocycles. The molecule has 0 aliphatic heterocycles. The van der Waals surface area contributed by atoms with E-state index in [1.165, 1.54) is 12.4 Å². The predicted octanol–water partition coefficient (Wildman–Crippen LogP) is 3.27. The van der Waals surface area contributed by atoms with E-state index in [0.717, 1.165) is 0 Å². The molecule has 4 nitrogen and oxygen atoms in total. The molecule has 0 fully saturated rings. The van der Waals surface area contributed by atoms with E-state index in [1.54, 1.807) is 0 Å². The zero-order valence-corrected chi connectivity index (χ0v) is 10.6. The Morgan fingerprint density at radius 2 is 1.43 bits per heavy atom. The normalized spacial score (nSPS) is 11.1. The molecule has 0 spiro atoms. The summed E-state index contributed by atoms with van der Waals surface area (Å²) in [6.07, 6.45) is 2.95. The van der Waals surface area contributed by atoms with E-state index in [9.17, 15) is 22.0 Å². The highest BCUT2D eigenvalue weighted by Crippen LogP contribution is 2.22. The lowest BCUT2D eigenvalue weighted by atomic mass is 10.2. The molecule has 2 aromatic rings. The Labute approximate surface area is 119 Å².